The van der Waals surface area contributed by atoms with E-state index in [1.807, 2.05) is 79.2 Å². The number of aromatic nitrogens is 1. The second kappa shape index (κ2) is 9.40. The van der Waals surface area contributed by atoms with Gasteiger partial charge in [0.25, 0.3) is 0 Å². The lowest BCUT2D eigenvalue weighted by Crippen LogP contribution is -2.43. The number of nitrogens with zero attached hydrogens (tertiary/aromatic N) is 1. The zero-order chi connectivity index (χ0) is 22.4. The Morgan fingerprint density at radius 2 is 1.81 bits per heavy atom. The SMILES string of the molecule is C#CC(C)(C)n1cc(C[C@H](NC(=O)OCc2ccccc2)C(=O)OC)c2ccccc21. The molecule has 0 aliphatic carbocycles. The van der Waals surface area contributed by atoms with Gasteiger partial charge in [-0.2, -0.15) is 0 Å². The molecule has 0 aliphatic rings. The van der Waals surface area contributed by atoms with E-state index >= 15 is 0 Å². The predicted molar refractivity (Wildman–Crippen MR) is 119 cm³/mol. The summed E-state index contributed by atoms with van der Waals surface area (Å²) in [7, 11) is 1.29. The van der Waals surface area contributed by atoms with Crippen LogP contribution in [-0.2, 0) is 32.8 Å². The highest BCUT2D eigenvalue weighted by molar-refractivity contribution is 5.87. The molecule has 0 spiro atoms. The Hall–Kier alpha value is -3.72. The van der Waals surface area contributed by atoms with Crippen LogP contribution in [0.15, 0.2) is 60.8 Å². The van der Waals surface area contributed by atoms with Crippen LogP contribution < -0.4 is 5.32 Å². The first-order chi connectivity index (χ1) is 14.9. The molecule has 0 bridgehead atoms. The number of hydrogen-bond acceptors (Lipinski definition) is 4. The summed E-state index contributed by atoms with van der Waals surface area (Å²) in [5.41, 5.74) is 2.13. The van der Waals surface area contributed by atoms with E-state index in [0.717, 1.165) is 22.0 Å². The van der Waals surface area contributed by atoms with Gasteiger partial charge >= 0.3 is 12.1 Å². The van der Waals surface area contributed by atoms with Crippen molar-refractivity contribution in [3.63, 3.8) is 0 Å². The van der Waals surface area contributed by atoms with Crippen LogP contribution in [0, 0.1) is 12.3 Å². The number of hydrogen-bond donors (Lipinski definition) is 1. The number of benzene rings is 2. The highest BCUT2D eigenvalue weighted by atomic mass is 16.6. The number of alkyl carbamates (subject to hydrolysis) is 1. The third-order valence-corrected chi connectivity index (χ3v) is 5.16. The number of methoxy groups -OCH3 is 1. The summed E-state index contributed by atoms with van der Waals surface area (Å²) in [6.45, 7) is 4.00. The molecule has 3 aromatic rings. The van der Waals surface area contributed by atoms with Crippen molar-refractivity contribution in [3.8, 4) is 12.3 Å². The van der Waals surface area contributed by atoms with Crippen LogP contribution in [0.2, 0.25) is 0 Å². The maximum Gasteiger partial charge on any atom is 0.408 e. The number of para-hydroxylation sites is 1. The van der Waals surface area contributed by atoms with Crippen LogP contribution in [0.5, 0.6) is 0 Å². The van der Waals surface area contributed by atoms with E-state index in [4.69, 9.17) is 15.9 Å². The average molecular weight is 418 g/mol. The third kappa shape index (κ3) is 5.07. The Morgan fingerprint density at radius 3 is 2.48 bits per heavy atom. The first-order valence-corrected chi connectivity index (χ1v) is 9.98. The molecular weight excluding hydrogens is 392 g/mol. The van der Waals surface area contributed by atoms with Gasteiger partial charge in [-0.25, -0.2) is 9.59 Å². The number of nitrogens with one attached hydrogen (secondary N) is 1. The van der Waals surface area contributed by atoms with Crippen molar-refractivity contribution >= 4 is 23.0 Å². The zero-order valence-electron chi connectivity index (χ0n) is 17.9. The molecule has 1 atom stereocenters. The monoisotopic (exact) mass is 418 g/mol. The van der Waals surface area contributed by atoms with Crippen LogP contribution in [0.3, 0.4) is 0 Å². The van der Waals surface area contributed by atoms with Gasteiger partial charge in [0.05, 0.1) is 12.6 Å². The van der Waals surface area contributed by atoms with Crippen molar-refractivity contribution in [2.75, 3.05) is 7.11 Å². The highest BCUT2D eigenvalue weighted by Gasteiger charge is 2.26. The summed E-state index contributed by atoms with van der Waals surface area (Å²) in [5, 5.41) is 3.59. The average Bonchev–Trinajstić information content (AvgIpc) is 3.17. The number of amides is 1. The van der Waals surface area contributed by atoms with Gasteiger partial charge in [0.1, 0.15) is 12.6 Å². The van der Waals surface area contributed by atoms with Crippen molar-refractivity contribution in [2.24, 2.45) is 0 Å². The van der Waals surface area contributed by atoms with E-state index in [-0.39, 0.29) is 13.0 Å². The third-order valence-electron chi connectivity index (χ3n) is 5.16. The number of rotatable bonds is 7. The highest BCUT2D eigenvalue weighted by Crippen LogP contribution is 2.28. The molecule has 2 aromatic carbocycles. The van der Waals surface area contributed by atoms with E-state index in [2.05, 4.69) is 11.2 Å². The molecule has 0 aliphatic heterocycles. The quantitative estimate of drug-likeness (QED) is 0.465. The molecular formula is C25H26N2O4. The Bertz CT molecular complexity index is 1110. The molecule has 1 N–H and O–H groups in total. The Balaban J connectivity index is 1.81. The van der Waals surface area contributed by atoms with Crippen LogP contribution in [0.25, 0.3) is 10.9 Å². The van der Waals surface area contributed by atoms with Gasteiger partial charge in [-0.05, 0) is 31.0 Å². The second-order valence-electron chi connectivity index (χ2n) is 7.73. The van der Waals surface area contributed by atoms with Gasteiger partial charge in [-0.1, -0.05) is 54.5 Å². The molecule has 160 valence electrons. The Kier molecular flexibility index (Phi) is 6.66. The molecule has 1 amide bonds. The fraction of sp³-hybridized carbons (Fsp3) is 0.280. The summed E-state index contributed by atoms with van der Waals surface area (Å²) in [6, 6.07) is 16.2. The molecule has 0 radical (unpaired) electrons. The van der Waals surface area contributed by atoms with Crippen LogP contribution in [0.1, 0.15) is 25.0 Å². The Labute approximate surface area is 182 Å². The molecule has 0 saturated heterocycles. The number of ether oxygens (including phenoxy) is 2. The number of terminal acetylenes is 1. The van der Waals surface area contributed by atoms with E-state index in [1.165, 1.54) is 7.11 Å². The summed E-state index contributed by atoms with van der Waals surface area (Å²) >= 11 is 0. The number of carbonyl (C=O) groups is 2. The smallest absolute Gasteiger partial charge is 0.408 e. The van der Waals surface area contributed by atoms with Gasteiger partial charge in [-0.15, -0.1) is 6.42 Å². The minimum absolute atomic E-state index is 0.107. The molecule has 0 fully saturated rings. The van der Waals surface area contributed by atoms with Gasteiger partial charge < -0.3 is 19.4 Å². The van der Waals surface area contributed by atoms with Gasteiger partial charge in [0.15, 0.2) is 0 Å². The van der Waals surface area contributed by atoms with Crippen molar-refractivity contribution in [2.45, 2.75) is 38.5 Å². The minimum atomic E-state index is -0.901. The maximum atomic E-state index is 12.4. The molecule has 0 saturated carbocycles. The van der Waals surface area contributed by atoms with Gasteiger partial charge in [0.2, 0.25) is 0 Å². The van der Waals surface area contributed by atoms with Crippen molar-refractivity contribution in [3.05, 3.63) is 71.9 Å². The number of esters is 1. The molecule has 0 unspecified atom stereocenters. The van der Waals surface area contributed by atoms with Crippen LogP contribution in [-0.4, -0.2) is 29.8 Å². The van der Waals surface area contributed by atoms with E-state index in [1.54, 1.807) is 0 Å². The lowest BCUT2D eigenvalue weighted by atomic mass is 10.1. The molecule has 31 heavy (non-hydrogen) atoms. The minimum Gasteiger partial charge on any atom is -0.467 e. The largest absolute Gasteiger partial charge is 0.467 e. The normalized spacial score (nSPS) is 12.1. The molecule has 3 rings (SSSR count). The summed E-state index contributed by atoms with van der Waals surface area (Å²) in [4.78, 5) is 24.7. The molecule has 1 aromatic heterocycles. The second-order valence-corrected chi connectivity index (χ2v) is 7.73. The summed E-state index contributed by atoms with van der Waals surface area (Å²) in [6.07, 6.45) is 7.22. The fourth-order valence-electron chi connectivity index (χ4n) is 3.41. The van der Waals surface area contributed by atoms with E-state index in [0.29, 0.717) is 0 Å². The van der Waals surface area contributed by atoms with Crippen LogP contribution >= 0.6 is 0 Å². The Morgan fingerprint density at radius 1 is 1.13 bits per heavy atom. The molecule has 1 heterocycles. The number of fused-ring (bicyclic) bond motifs is 1. The predicted octanol–water partition coefficient (Wildman–Crippen LogP) is 4.02. The van der Waals surface area contributed by atoms with Gasteiger partial charge in [-0.3, -0.25) is 0 Å². The first kappa shape index (κ1) is 22.0. The molecule has 6 nitrogen and oxygen atoms in total. The molecule has 6 heteroatoms. The van der Waals surface area contributed by atoms with E-state index in [9.17, 15) is 9.59 Å². The van der Waals surface area contributed by atoms with E-state index < -0.39 is 23.6 Å². The summed E-state index contributed by atoms with van der Waals surface area (Å²) < 4.78 is 12.2. The number of carbonyl (C=O) groups excluding carboxylic acids is 2. The lowest BCUT2D eigenvalue weighted by Gasteiger charge is -2.21. The van der Waals surface area contributed by atoms with Gasteiger partial charge in [0, 0.05) is 23.5 Å². The summed E-state index contributed by atoms with van der Waals surface area (Å²) in [5.74, 6) is 2.25. The standard InChI is InChI=1S/C25H26N2O4/c1-5-25(2,3)27-16-19(20-13-9-10-14-22(20)27)15-21(23(28)30-4)26-24(29)31-17-18-11-7-6-8-12-18/h1,6-14,16,21H,15,17H2,2-4H3,(H,26,29)/t21-/m0/s1. The van der Waals surface area contributed by atoms with Crippen LogP contribution in [0.4, 0.5) is 4.79 Å². The topological polar surface area (TPSA) is 69.6 Å². The van der Waals surface area contributed by atoms with Crippen molar-refractivity contribution in [1.29, 1.82) is 0 Å². The van der Waals surface area contributed by atoms with Crippen molar-refractivity contribution in [1.82, 2.24) is 9.88 Å². The first-order valence-electron chi connectivity index (χ1n) is 9.98. The maximum absolute atomic E-state index is 12.4. The zero-order valence-corrected chi connectivity index (χ0v) is 17.9. The fourth-order valence-corrected chi connectivity index (χ4v) is 3.41. The van der Waals surface area contributed by atoms with Crippen molar-refractivity contribution < 1.29 is 19.1 Å². The lowest BCUT2D eigenvalue weighted by molar-refractivity contribution is -0.142.